The summed E-state index contributed by atoms with van der Waals surface area (Å²) in [5, 5.41) is 21.6. The molecule has 0 unspecified atom stereocenters. The van der Waals surface area contributed by atoms with Gasteiger partial charge in [0.15, 0.2) is 0 Å². The largest absolute Gasteiger partial charge is 0.395 e. The van der Waals surface area contributed by atoms with Crippen LogP contribution in [-0.2, 0) is 0 Å². The molecule has 122 valence electrons. The third kappa shape index (κ3) is 9.14. The van der Waals surface area contributed by atoms with E-state index in [1.54, 1.807) is 0 Å². The van der Waals surface area contributed by atoms with Gasteiger partial charge in [-0.05, 0) is 6.42 Å². The van der Waals surface area contributed by atoms with Gasteiger partial charge in [0, 0.05) is 12.5 Å². The first-order chi connectivity index (χ1) is 10.3. The minimum atomic E-state index is -0.620. The summed E-state index contributed by atoms with van der Waals surface area (Å²) >= 11 is 0. The van der Waals surface area contributed by atoms with Gasteiger partial charge in [-0.3, -0.25) is 0 Å². The summed E-state index contributed by atoms with van der Waals surface area (Å²) in [6.45, 7) is 2.34. The highest BCUT2D eigenvalue weighted by Crippen LogP contribution is 2.14. The lowest BCUT2D eigenvalue weighted by atomic mass is 10.1. The maximum Gasteiger partial charge on any atom is 0.131 e. The number of rotatable bonds is 12. The Bertz CT molecular complexity index is 308. The van der Waals surface area contributed by atoms with Gasteiger partial charge < -0.3 is 15.5 Å². The van der Waals surface area contributed by atoms with E-state index in [2.05, 4.69) is 24.1 Å². The van der Waals surface area contributed by atoms with E-state index < -0.39 is 6.10 Å². The molecule has 3 heteroatoms. The Hall–Kier alpha value is -0.560. The Morgan fingerprint density at radius 1 is 0.952 bits per heavy atom. The first-order valence-electron chi connectivity index (χ1n) is 8.83. The number of hydrogen-bond acceptors (Lipinski definition) is 3. The van der Waals surface area contributed by atoms with Gasteiger partial charge in [0.2, 0.25) is 0 Å². The van der Waals surface area contributed by atoms with Crippen LogP contribution in [0.4, 0.5) is 0 Å². The molecule has 0 aromatic rings. The van der Waals surface area contributed by atoms with Gasteiger partial charge >= 0.3 is 0 Å². The number of hydrogen-bond donors (Lipinski definition) is 3. The van der Waals surface area contributed by atoms with E-state index in [-0.39, 0.29) is 18.7 Å². The van der Waals surface area contributed by atoms with E-state index in [0.717, 1.165) is 12.8 Å². The summed E-state index contributed by atoms with van der Waals surface area (Å²) in [5.41, 5.74) is 0. The molecule has 0 aromatic heterocycles. The summed E-state index contributed by atoms with van der Waals surface area (Å²) in [7, 11) is 0. The van der Waals surface area contributed by atoms with E-state index in [9.17, 15) is 5.11 Å². The van der Waals surface area contributed by atoms with Crippen molar-refractivity contribution in [3.05, 3.63) is 0 Å². The maximum atomic E-state index is 9.70. The lowest BCUT2D eigenvalue weighted by Crippen LogP contribution is -2.16. The molecule has 3 N–H and O–H groups in total. The minimum Gasteiger partial charge on any atom is -0.395 e. The van der Waals surface area contributed by atoms with Crippen LogP contribution in [0.1, 0.15) is 77.6 Å². The van der Waals surface area contributed by atoms with Crippen molar-refractivity contribution in [2.24, 2.45) is 0 Å². The fraction of sp³-hybridized carbons (Fsp3) is 0.889. The average molecular weight is 295 g/mol. The van der Waals surface area contributed by atoms with Crippen molar-refractivity contribution in [1.82, 2.24) is 5.32 Å². The van der Waals surface area contributed by atoms with Crippen LogP contribution in [0.5, 0.6) is 0 Å². The van der Waals surface area contributed by atoms with Crippen LogP contribution in [0.25, 0.3) is 0 Å². The summed E-state index contributed by atoms with van der Waals surface area (Å²) in [4.78, 5) is 0. The molecule has 1 heterocycles. The molecule has 1 fully saturated rings. The molecular formula is C18H33NO2. The van der Waals surface area contributed by atoms with Crippen LogP contribution < -0.4 is 5.32 Å². The second-order valence-corrected chi connectivity index (χ2v) is 6.18. The van der Waals surface area contributed by atoms with Crippen LogP contribution >= 0.6 is 0 Å². The van der Waals surface area contributed by atoms with Crippen LogP contribution in [0.2, 0.25) is 0 Å². The predicted molar refractivity (Wildman–Crippen MR) is 88.0 cm³/mol. The van der Waals surface area contributed by atoms with Gasteiger partial charge in [-0.2, -0.15) is 0 Å². The molecule has 0 saturated carbocycles. The smallest absolute Gasteiger partial charge is 0.131 e. The van der Waals surface area contributed by atoms with Gasteiger partial charge in [-0.15, -0.1) is 5.92 Å². The average Bonchev–Trinajstić information content (AvgIpc) is 3.28. The molecule has 1 rings (SSSR count). The molecule has 21 heavy (non-hydrogen) atoms. The van der Waals surface area contributed by atoms with Crippen molar-refractivity contribution < 1.29 is 10.2 Å². The molecule has 0 aromatic carbocycles. The van der Waals surface area contributed by atoms with Gasteiger partial charge in [0.25, 0.3) is 0 Å². The first kappa shape index (κ1) is 18.5. The van der Waals surface area contributed by atoms with Crippen LogP contribution in [0.3, 0.4) is 0 Å². The molecule has 0 aliphatic carbocycles. The zero-order valence-electron chi connectivity index (χ0n) is 13.6. The van der Waals surface area contributed by atoms with Crippen molar-refractivity contribution in [1.29, 1.82) is 0 Å². The second-order valence-electron chi connectivity index (χ2n) is 6.18. The number of nitrogens with one attached hydrogen (secondary N) is 1. The van der Waals surface area contributed by atoms with E-state index >= 15 is 0 Å². The Balaban J connectivity index is 1.82. The number of unbranched alkanes of at least 4 members (excludes halogenated alkanes) is 10. The van der Waals surface area contributed by atoms with Crippen LogP contribution in [0.15, 0.2) is 0 Å². The topological polar surface area (TPSA) is 62.4 Å². The molecule has 1 aliphatic rings. The maximum absolute atomic E-state index is 9.70. The second kappa shape index (κ2) is 12.0. The predicted octanol–water partition coefficient (Wildman–Crippen LogP) is 2.99. The normalized spacial score (nSPS) is 21.7. The van der Waals surface area contributed by atoms with Crippen molar-refractivity contribution >= 4 is 0 Å². The Labute approximate surface area is 130 Å². The highest BCUT2D eigenvalue weighted by molar-refractivity contribution is 5.16. The Morgan fingerprint density at radius 3 is 2.05 bits per heavy atom. The molecule has 1 saturated heterocycles. The standard InChI is InChI=1S/C18H33NO2/c1-2-3-4-5-6-7-8-9-10-11-12-13-14-17(21)18-16(15-20)19-18/h16-21H,2-12,15H2,1H3/t16-,17+,18-/m0/s1. The van der Waals surface area contributed by atoms with Gasteiger partial charge in [-0.1, -0.05) is 70.6 Å². The molecule has 1 aliphatic heterocycles. The van der Waals surface area contributed by atoms with Gasteiger partial charge in [-0.25, -0.2) is 0 Å². The summed E-state index contributed by atoms with van der Waals surface area (Å²) in [6, 6.07) is 0.0295. The number of aliphatic hydroxyl groups excluding tert-OH is 2. The van der Waals surface area contributed by atoms with Crippen LogP contribution in [0, 0.1) is 11.8 Å². The van der Waals surface area contributed by atoms with Crippen molar-refractivity contribution in [2.75, 3.05) is 6.61 Å². The molecular weight excluding hydrogens is 262 g/mol. The minimum absolute atomic E-state index is 0.0183. The monoisotopic (exact) mass is 295 g/mol. The fourth-order valence-electron chi connectivity index (χ4n) is 2.64. The summed E-state index contributed by atoms with van der Waals surface area (Å²) in [5.74, 6) is 5.93. The third-order valence-corrected chi connectivity index (χ3v) is 4.17. The zero-order chi connectivity index (χ0) is 15.3. The first-order valence-corrected chi connectivity index (χ1v) is 8.83. The molecule has 0 radical (unpaired) electrons. The van der Waals surface area contributed by atoms with E-state index in [1.807, 2.05) is 0 Å². The number of aliphatic hydroxyl groups is 2. The Kier molecular flexibility index (Phi) is 10.6. The molecule has 3 atom stereocenters. The summed E-state index contributed by atoms with van der Waals surface area (Å²) in [6.07, 6.45) is 13.6. The fourth-order valence-corrected chi connectivity index (χ4v) is 2.64. The van der Waals surface area contributed by atoms with Gasteiger partial charge in [0.05, 0.1) is 12.6 Å². The van der Waals surface area contributed by atoms with Crippen molar-refractivity contribution in [2.45, 2.75) is 95.7 Å². The molecule has 3 nitrogen and oxygen atoms in total. The highest BCUT2D eigenvalue weighted by Gasteiger charge is 2.40. The quantitative estimate of drug-likeness (QED) is 0.295. The van der Waals surface area contributed by atoms with E-state index in [0.29, 0.717) is 0 Å². The summed E-state index contributed by atoms with van der Waals surface area (Å²) < 4.78 is 0. The van der Waals surface area contributed by atoms with Crippen LogP contribution in [-0.4, -0.2) is 35.0 Å². The Morgan fingerprint density at radius 2 is 1.52 bits per heavy atom. The lowest BCUT2D eigenvalue weighted by molar-refractivity contribution is 0.219. The molecule has 0 amide bonds. The lowest BCUT2D eigenvalue weighted by Gasteiger charge is -2.01. The van der Waals surface area contributed by atoms with E-state index in [1.165, 1.54) is 57.8 Å². The van der Waals surface area contributed by atoms with Gasteiger partial charge in [0.1, 0.15) is 6.10 Å². The SMILES string of the molecule is CCCCCCCCCCCCC#C[C@@H](O)[C@H]1N[C@H]1CO. The molecule has 0 bridgehead atoms. The zero-order valence-corrected chi connectivity index (χ0v) is 13.6. The van der Waals surface area contributed by atoms with E-state index in [4.69, 9.17) is 5.11 Å². The highest BCUT2D eigenvalue weighted by atomic mass is 16.3. The van der Waals surface area contributed by atoms with Crippen molar-refractivity contribution in [3.63, 3.8) is 0 Å². The third-order valence-electron chi connectivity index (χ3n) is 4.17. The van der Waals surface area contributed by atoms with Crippen molar-refractivity contribution in [3.8, 4) is 11.8 Å². The molecule has 0 spiro atoms.